The van der Waals surface area contributed by atoms with E-state index in [-0.39, 0.29) is 0 Å². The van der Waals surface area contributed by atoms with Crippen LogP contribution in [0.2, 0.25) is 0 Å². The molecular formula is C21H21I3In2. The molecule has 0 aliphatic heterocycles. The van der Waals surface area contributed by atoms with Crippen LogP contribution in [-0.2, 0) is 12.5 Å². The zero-order valence-electron chi connectivity index (χ0n) is 14.6. The van der Waals surface area contributed by atoms with E-state index in [9.17, 15) is 0 Å². The average molecular weight is 884 g/mol. The molecule has 0 N–H and O–H groups in total. The van der Waals surface area contributed by atoms with Crippen LogP contribution in [0.25, 0.3) is 0 Å². The Hall–Kier alpha value is 1.59. The molecule has 0 atom stereocenters. The molecule has 3 aromatic carbocycles. The molecule has 5 heteroatoms. The Labute approximate surface area is 201 Å². The van der Waals surface area contributed by atoms with Gasteiger partial charge in [0.15, 0.2) is 0 Å². The third-order valence-corrected chi connectivity index (χ3v) is 13.1. The molecule has 0 radical (unpaired) electrons. The van der Waals surface area contributed by atoms with Gasteiger partial charge in [0.25, 0.3) is 0 Å². The Morgan fingerprint density at radius 2 is 0.692 bits per heavy atom. The summed E-state index contributed by atoms with van der Waals surface area (Å²) in [5.41, 5.74) is 4.57. The molecule has 0 nitrogen and oxygen atoms in total. The monoisotopic (exact) mass is 884 g/mol. The van der Waals surface area contributed by atoms with Crippen LogP contribution < -0.4 is 0 Å². The number of halogens is 3. The van der Waals surface area contributed by atoms with Gasteiger partial charge in [-0.2, -0.15) is 0 Å². The summed E-state index contributed by atoms with van der Waals surface area (Å²) in [6.45, 7) is 0. The van der Waals surface area contributed by atoms with Crippen molar-refractivity contribution in [3.8, 4) is 0 Å². The second kappa shape index (κ2) is 14.6. The summed E-state index contributed by atoms with van der Waals surface area (Å²) in [5, 5.41) is 0. The van der Waals surface area contributed by atoms with Gasteiger partial charge in [-0.05, 0) is 0 Å². The number of hydrogen-bond donors (Lipinski definition) is 0. The van der Waals surface area contributed by atoms with Gasteiger partial charge < -0.3 is 0 Å². The molecule has 26 heavy (non-hydrogen) atoms. The van der Waals surface area contributed by atoms with Crippen LogP contribution >= 0.6 is 54.4 Å². The van der Waals surface area contributed by atoms with Gasteiger partial charge in [-0.3, -0.25) is 0 Å². The summed E-state index contributed by atoms with van der Waals surface area (Å²) in [5.74, 6) is 0. The molecule has 3 aromatic rings. The summed E-state index contributed by atoms with van der Waals surface area (Å²) in [6, 6.07) is 33.1. The molecule has 0 fully saturated rings. The van der Waals surface area contributed by atoms with Gasteiger partial charge in [0.1, 0.15) is 0 Å². The van der Waals surface area contributed by atoms with Crippen LogP contribution in [0.1, 0.15) is 16.7 Å². The van der Waals surface area contributed by atoms with E-state index >= 15 is 0 Å². The van der Waals surface area contributed by atoms with Crippen molar-refractivity contribution in [1.29, 1.82) is 0 Å². The van der Waals surface area contributed by atoms with Crippen molar-refractivity contribution in [3.63, 3.8) is 0 Å². The molecule has 3 rings (SSSR count). The predicted octanol–water partition coefficient (Wildman–Crippen LogP) is 7.10. The molecule has 132 valence electrons. The van der Waals surface area contributed by atoms with Crippen LogP contribution in [0.15, 0.2) is 91.0 Å². The Kier molecular flexibility index (Phi) is 13.4. The van der Waals surface area contributed by atoms with E-state index in [0.717, 1.165) is 0 Å². The summed E-state index contributed by atoms with van der Waals surface area (Å²) in [7, 11) is -0.727. The summed E-state index contributed by atoms with van der Waals surface area (Å²) < 4.78 is 4.02. The molecule has 0 aromatic heterocycles. The first-order chi connectivity index (χ1) is 12.6. The van der Waals surface area contributed by atoms with Crippen LogP contribution in [0.5, 0.6) is 0 Å². The zero-order valence-corrected chi connectivity index (χ0v) is 27.6. The Morgan fingerprint density at radius 3 is 0.923 bits per heavy atom. The number of benzene rings is 3. The quantitative estimate of drug-likeness (QED) is 0.232. The van der Waals surface area contributed by atoms with Crippen LogP contribution in [-0.4, -0.2) is 30.4 Å². The van der Waals surface area contributed by atoms with Crippen molar-refractivity contribution in [1.82, 2.24) is 0 Å². The maximum absolute atomic E-state index is 2.53. The third kappa shape index (κ3) is 11.0. The minimum atomic E-state index is -1.70. The molecule has 0 saturated carbocycles. The van der Waals surface area contributed by atoms with Gasteiger partial charge in [-0.1, -0.05) is 0 Å². The molecule has 0 unspecified atom stereocenters. The molecule has 0 amide bonds. The fourth-order valence-electron chi connectivity index (χ4n) is 3.06. The molecule has 0 saturated heterocycles. The van der Waals surface area contributed by atoms with Crippen LogP contribution in [0.4, 0.5) is 0 Å². The second-order valence-electron chi connectivity index (χ2n) is 6.18. The fourth-order valence-corrected chi connectivity index (χ4v) is 12.3. The van der Waals surface area contributed by atoms with Gasteiger partial charge >= 0.3 is 205 Å². The standard InChI is InChI=1S/3C7H7.3HI.2In/c3*1-7-5-3-2-4-6-7;;;;;/h3*2-6H,1H2;3*1H;;/q;;;;;;;+3/p-3. The first-order valence-electron chi connectivity index (χ1n) is 8.67. The third-order valence-electron chi connectivity index (χ3n) is 4.10. The average Bonchev–Trinajstić information content (AvgIpc) is 2.64. The van der Waals surface area contributed by atoms with E-state index in [1.54, 1.807) is 0 Å². The Bertz CT molecular complexity index is 621. The number of hydrogen-bond acceptors (Lipinski definition) is 0. The van der Waals surface area contributed by atoms with E-state index in [1.807, 2.05) is 0 Å². The SMILES string of the molecule is [I][In]([I])[I].c1ccc([CH2][In]([CH2]c2ccccc2)[CH2]c2ccccc2)cc1. The van der Waals surface area contributed by atoms with Gasteiger partial charge in [0, 0.05) is 0 Å². The number of rotatable bonds is 6. The van der Waals surface area contributed by atoms with E-state index < -0.39 is 30.4 Å². The molecule has 0 aliphatic rings. The summed E-state index contributed by atoms with van der Waals surface area (Å²) in [4.78, 5) is 0. The van der Waals surface area contributed by atoms with E-state index in [4.69, 9.17) is 0 Å². The van der Waals surface area contributed by atoms with Crippen molar-refractivity contribution in [2.45, 2.75) is 12.5 Å². The van der Waals surface area contributed by atoms with E-state index in [1.165, 1.54) is 29.2 Å². The van der Waals surface area contributed by atoms with Gasteiger partial charge in [-0.25, -0.2) is 0 Å². The Morgan fingerprint density at radius 1 is 0.462 bits per heavy atom. The zero-order chi connectivity index (χ0) is 18.6. The van der Waals surface area contributed by atoms with Crippen LogP contribution in [0.3, 0.4) is 0 Å². The molecular weight excluding hydrogens is 863 g/mol. The molecule has 0 aliphatic carbocycles. The van der Waals surface area contributed by atoms with Crippen molar-refractivity contribution in [3.05, 3.63) is 108 Å². The fraction of sp³-hybridized carbons (Fsp3) is 0.143. The molecule has 0 spiro atoms. The normalized spacial score (nSPS) is 9.81. The van der Waals surface area contributed by atoms with Crippen molar-refractivity contribution in [2.75, 3.05) is 0 Å². The van der Waals surface area contributed by atoms with Gasteiger partial charge in [-0.15, -0.1) is 0 Å². The topological polar surface area (TPSA) is 0 Å². The second-order valence-corrected chi connectivity index (χ2v) is 89.1. The minimum absolute atomic E-state index is 0.727. The molecule has 0 bridgehead atoms. The summed E-state index contributed by atoms with van der Waals surface area (Å²) in [6.07, 6.45) is 0. The first-order valence-corrected chi connectivity index (χ1v) is 44.5. The van der Waals surface area contributed by atoms with E-state index in [2.05, 4.69) is 145 Å². The van der Waals surface area contributed by atoms with Gasteiger partial charge in [0.05, 0.1) is 0 Å². The first kappa shape index (κ1) is 23.9. The van der Waals surface area contributed by atoms with Crippen molar-refractivity contribution < 1.29 is 0 Å². The van der Waals surface area contributed by atoms with Crippen molar-refractivity contribution in [2.24, 2.45) is 0 Å². The van der Waals surface area contributed by atoms with E-state index in [0.29, 0.717) is 0 Å². The van der Waals surface area contributed by atoms with Crippen LogP contribution in [0, 0.1) is 0 Å². The maximum atomic E-state index is 2.53. The molecule has 0 heterocycles. The van der Waals surface area contributed by atoms with Crippen molar-refractivity contribution >= 4 is 84.8 Å². The predicted molar refractivity (Wildman–Crippen MR) is 144 cm³/mol. The Balaban J connectivity index is 0.000000552. The van der Waals surface area contributed by atoms with Gasteiger partial charge in [0.2, 0.25) is 0 Å². The summed E-state index contributed by atoms with van der Waals surface area (Å²) >= 11 is 5.88.